The summed E-state index contributed by atoms with van der Waals surface area (Å²) in [6, 6.07) is 19.2. The Labute approximate surface area is 282 Å². The van der Waals surface area contributed by atoms with Gasteiger partial charge in [-0.3, -0.25) is 19.4 Å². The van der Waals surface area contributed by atoms with Crippen molar-refractivity contribution in [2.75, 3.05) is 24.8 Å². The van der Waals surface area contributed by atoms with Crippen LogP contribution in [0.5, 0.6) is 0 Å². The zero-order valence-electron chi connectivity index (χ0n) is 26.2. The molecule has 260 valence electrons. The zero-order chi connectivity index (χ0) is 35.4. The second kappa shape index (κ2) is 12.3. The Balaban J connectivity index is 0.948. The number of halogens is 3. The fraction of sp³-hybridized carbons (Fsp3) is 0.250. The van der Waals surface area contributed by atoms with E-state index in [0.29, 0.717) is 18.7 Å². The van der Waals surface area contributed by atoms with E-state index < -0.39 is 45.5 Å². The van der Waals surface area contributed by atoms with E-state index in [2.05, 4.69) is 9.82 Å². The summed E-state index contributed by atoms with van der Waals surface area (Å²) in [5.41, 5.74) is 1.23. The molecule has 2 aliphatic heterocycles. The van der Waals surface area contributed by atoms with Crippen LogP contribution >= 0.6 is 0 Å². The van der Waals surface area contributed by atoms with Crippen LogP contribution in [0.3, 0.4) is 0 Å². The van der Waals surface area contributed by atoms with Crippen LogP contribution in [0.2, 0.25) is 0 Å². The summed E-state index contributed by atoms with van der Waals surface area (Å²) in [6.07, 6.45) is -4.15. The van der Waals surface area contributed by atoms with Gasteiger partial charge in [-0.05, 0) is 62.2 Å². The number of hydrogen-bond acceptors (Lipinski definition) is 9. The van der Waals surface area contributed by atoms with E-state index in [1.807, 2.05) is 6.92 Å². The third-order valence-electron chi connectivity index (χ3n) is 8.49. The number of nitrogens with one attached hydrogen (secondary N) is 1. The Morgan fingerprint density at radius 3 is 2.18 bits per heavy atom. The van der Waals surface area contributed by atoms with E-state index in [9.17, 15) is 36.0 Å². The minimum Gasteiger partial charge on any atom is -0.343 e. The van der Waals surface area contributed by atoms with E-state index in [1.165, 1.54) is 29.2 Å². The Bertz CT molecular complexity index is 2160. The molecule has 4 heterocycles. The first-order valence-electron chi connectivity index (χ1n) is 15.3. The number of rotatable bonds is 9. The molecule has 18 heteroatoms. The van der Waals surface area contributed by atoms with E-state index >= 15 is 0 Å². The quantitative estimate of drug-likeness (QED) is 0.226. The van der Waals surface area contributed by atoms with Crippen LogP contribution in [0.1, 0.15) is 44.8 Å². The lowest BCUT2D eigenvalue weighted by molar-refractivity contribution is -0.141. The van der Waals surface area contributed by atoms with Gasteiger partial charge in [-0.15, -0.1) is 0 Å². The van der Waals surface area contributed by atoms with Crippen molar-refractivity contribution in [2.24, 2.45) is 5.92 Å². The number of alkyl halides is 3. The molecule has 0 atom stereocenters. The summed E-state index contributed by atoms with van der Waals surface area (Å²) in [5, 5.41) is 6.42. The molecule has 0 aliphatic carbocycles. The van der Waals surface area contributed by atoms with Crippen molar-refractivity contribution in [1.29, 1.82) is 0 Å². The second-order valence-electron chi connectivity index (χ2n) is 11.8. The Kier molecular flexibility index (Phi) is 8.04. The average molecular weight is 712 g/mol. The highest BCUT2D eigenvalue weighted by Gasteiger charge is 2.38. The van der Waals surface area contributed by atoms with Gasteiger partial charge in [0.25, 0.3) is 21.8 Å². The van der Waals surface area contributed by atoms with Crippen molar-refractivity contribution in [1.82, 2.24) is 29.4 Å². The van der Waals surface area contributed by atoms with Gasteiger partial charge in [-0.25, -0.2) is 22.7 Å². The lowest BCUT2D eigenvalue weighted by Crippen LogP contribution is -2.45. The molecular formula is C32H28F3N7O7S. The largest absolute Gasteiger partial charge is 0.435 e. The molecular weight excluding hydrogens is 683 g/mol. The molecule has 3 amide bonds. The van der Waals surface area contributed by atoms with Crippen LogP contribution in [0, 0.1) is 12.8 Å². The maximum absolute atomic E-state index is 13.6. The molecule has 1 N–H and O–H groups in total. The number of fused-ring (bicyclic) bond motifs is 1. The molecule has 0 unspecified atom stereocenters. The van der Waals surface area contributed by atoms with Crippen LogP contribution in [-0.2, 0) is 21.0 Å². The number of sulfonamides is 1. The third-order valence-corrected chi connectivity index (χ3v) is 9.85. The molecule has 7 rings (SSSR count). The molecule has 0 bridgehead atoms. The van der Waals surface area contributed by atoms with Crippen molar-refractivity contribution in [3.8, 4) is 16.9 Å². The number of benzene rings is 3. The Morgan fingerprint density at radius 1 is 0.960 bits per heavy atom. The molecule has 0 spiro atoms. The van der Waals surface area contributed by atoms with E-state index in [4.69, 9.17) is 9.47 Å². The Hall–Kier alpha value is -5.78. The highest BCUT2D eigenvalue weighted by molar-refractivity contribution is 7.90. The Morgan fingerprint density at radius 2 is 1.58 bits per heavy atom. The first-order valence-corrected chi connectivity index (χ1v) is 16.8. The molecule has 1 fully saturated rings. The standard InChI is InChI=1S/C32H28F3N7O7S/c1-20-6-8-21(9-7-20)27-18-28(32(33,34)35)36-40(27)23-10-12-24(13-11-23)50(46,47)37-29(43)22-14-16-38(17-15-22)41-42(49-41)48-19-39-30(44)25-4-2-3-5-26(25)31(39)45/h2-13,18,22H,14-17,19H2,1H3,(H,37,43). The third kappa shape index (κ3) is 6.24. The maximum Gasteiger partial charge on any atom is 0.435 e. The van der Waals surface area contributed by atoms with Crippen LogP contribution in [0.25, 0.3) is 16.9 Å². The number of hydrogen-bond donors (Lipinski definition) is 1. The molecule has 1 saturated heterocycles. The lowest BCUT2D eigenvalue weighted by Gasteiger charge is -2.28. The number of carbonyl (C=O) groups is 3. The normalized spacial score (nSPS) is 15.5. The molecule has 0 radical (unpaired) electrons. The predicted molar refractivity (Wildman–Crippen MR) is 168 cm³/mol. The van der Waals surface area contributed by atoms with Gasteiger partial charge >= 0.3 is 6.18 Å². The summed E-state index contributed by atoms with van der Waals surface area (Å²) in [4.78, 5) is 45.4. The summed E-state index contributed by atoms with van der Waals surface area (Å²) in [6.45, 7) is 2.06. The highest BCUT2D eigenvalue weighted by Crippen LogP contribution is 2.33. The molecule has 14 nitrogen and oxygen atoms in total. The number of carbonyl (C=O) groups excluding carboxylic acids is 3. The first-order chi connectivity index (χ1) is 23.8. The number of piperidine rings is 1. The van der Waals surface area contributed by atoms with E-state index in [-0.39, 0.29) is 47.0 Å². The number of amides is 3. The number of imide groups is 1. The van der Waals surface area contributed by atoms with Gasteiger partial charge in [0.05, 0.1) is 27.4 Å². The summed E-state index contributed by atoms with van der Waals surface area (Å²) in [7, 11) is -4.31. The second-order valence-corrected chi connectivity index (χ2v) is 13.5. The van der Waals surface area contributed by atoms with Crippen molar-refractivity contribution < 1.29 is 45.4 Å². The van der Waals surface area contributed by atoms with Crippen LogP contribution in [0.4, 0.5) is 13.2 Å². The first kappa shape index (κ1) is 32.8. The van der Waals surface area contributed by atoms with Crippen LogP contribution < -0.4 is 14.6 Å². The van der Waals surface area contributed by atoms with Gasteiger partial charge in [0.1, 0.15) is 5.02 Å². The van der Waals surface area contributed by atoms with Gasteiger partial charge in [0, 0.05) is 29.5 Å². The molecule has 3 aromatic carbocycles. The van der Waals surface area contributed by atoms with Crippen molar-refractivity contribution in [2.45, 2.75) is 30.8 Å². The van der Waals surface area contributed by atoms with Gasteiger partial charge in [-0.2, -0.15) is 22.9 Å². The zero-order valence-corrected chi connectivity index (χ0v) is 27.0. The van der Waals surface area contributed by atoms with Gasteiger partial charge in [0.2, 0.25) is 12.6 Å². The lowest BCUT2D eigenvalue weighted by atomic mass is 9.97. The minimum atomic E-state index is -4.70. The maximum atomic E-state index is 13.6. The molecule has 5 aromatic rings. The van der Waals surface area contributed by atoms with Gasteiger partial charge in [-0.1, -0.05) is 42.0 Å². The number of nitrogens with zero attached hydrogens (tertiary/aromatic N) is 6. The average Bonchev–Trinajstić information content (AvgIpc) is 3.65. The molecule has 0 saturated carbocycles. The highest BCUT2D eigenvalue weighted by atomic mass is 32.2. The summed E-state index contributed by atoms with van der Waals surface area (Å²) < 4.78 is 75.3. The molecule has 2 aromatic heterocycles. The predicted octanol–water partition coefficient (Wildman–Crippen LogP) is 3.60. The minimum absolute atomic E-state index is 0.165. The van der Waals surface area contributed by atoms with Crippen LogP contribution in [0.15, 0.2) is 88.4 Å². The van der Waals surface area contributed by atoms with Crippen molar-refractivity contribution in [3.05, 3.63) is 101 Å². The summed E-state index contributed by atoms with van der Waals surface area (Å²) >= 11 is 0. The number of aryl methyl sites for hydroxylation is 1. The SMILES string of the molecule is Cc1ccc(-c2cc(C(F)(F)F)nn2-c2ccc(S(=O)(=O)NC(=O)C3CCN(n4on4OCN4C(=O)c5ccccc5C4=O)CC3)cc2)cc1. The topological polar surface area (TPSA) is 154 Å². The van der Waals surface area contributed by atoms with Gasteiger partial charge < -0.3 is 4.84 Å². The molecule has 50 heavy (non-hydrogen) atoms. The molecule has 2 aliphatic rings. The van der Waals surface area contributed by atoms with Gasteiger partial charge in [0.15, 0.2) is 5.69 Å². The summed E-state index contributed by atoms with van der Waals surface area (Å²) in [5.74, 6) is -2.32. The number of aromatic nitrogens is 4. The smallest absolute Gasteiger partial charge is 0.343 e. The van der Waals surface area contributed by atoms with E-state index in [1.54, 1.807) is 53.5 Å². The van der Waals surface area contributed by atoms with Crippen molar-refractivity contribution in [3.63, 3.8) is 0 Å². The fourth-order valence-corrected chi connectivity index (χ4v) is 6.77. The monoisotopic (exact) mass is 711 g/mol. The fourth-order valence-electron chi connectivity index (χ4n) is 5.72. The van der Waals surface area contributed by atoms with E-state index in [0.717, 1.165) is 26.2 Å². The van der Waals surface area contributed by atoms with Crippen molar-refractivity contribution >= 4 is 27.7 Å². The van der Waals surface area contributed by atoms with Crippen LogP contribution in [-0.4, -0.2) is 70.6 Å².